The molecule has 1 atom stereocenters. The summed E-state index contributed by atoms with van der Waals surface area (Å²) >= 11 is 5.42. The smallest absolute Gasteiger partial charge is 0.202 e. The minimum Gasteiger partial charge on any atom is -0.363 e. The van der Waals surface area contributed by atoms with Crippen molar-refractivity contribution in [3.8, 4) is 0 Å². The molecule has 2 heterocycles. The van der Waals surface area contributed by atoms with E-state index in [1.165, 1.54) is 23.0 Å². The molecule has 0 aliphatic carbocycles. The van der Waals surface area contributed by atoms with Gasteiger partial charge < -0.3 is 5.32 Å². The van der Waals surface area contributed by atoms with E-state index in [-0.39, 0.29) is 0 Å². The number of rotatable bonds is 2. The van der Waals surface area contributed by atoms with E-state index in [1.807, 2.05) is 30.6 Å². The molecule has 0 saturated carbocycles. The Balaban J connectivity index is 2.05. The Morgan fingerprint density at radius 3 is 3.00 bits per heavy atom. The molecule has 1 unspecified atom stereocenters. The van der Waals surface area contributed by atoms with Gasteiger partial charge in [0.1, 0.15) is 0 Å². The Kier molecular flexibility index (Phi) is 3.34. The minimum atomic E-state index is 0.511. The van der Waals surface area contributed by atoms with Gasteiger partial charge in [-0.3, -0.25) is 0 Å². The molecule has 1 aliphatic heterocycles. The molecule has 72 valence electrons. The molecule has 1 aromatic rings. The number of hydrogen-bond acceptors (Lipinski definition) is 6. The van der Waals surface area contributed by atoms with Gasteiger partial charge >= 0.3 is 0 Å². The van der Waals surface area contributed by atoms with Crippen LogP contribution in [-0.4, -0.2) is 33.7 Å². The van der Waals surface area contributed by atoms with Gasteiger partial charge in [0.15, 0.2) is 5.82 Å². The van der Waals surface area contributed by atoms with E-state index in [2.05, 4.69) is 14.7 Å². The SMILES string of the molecule is CNc1nc(C2CSCCS2)ns1. The van der Waals surface area contributed by atoms with Crippen LogP contribution in [0.1, 0.15) is 11.1 Å². The zero-order valence-corrected chi connectivity index (χ0v) is 9.77. The molecular weight excluding hydrogens is 222 g/mol. The molecule has 13 heavy (non-hydrogen) atoms. The van der Waals surface area contributed by atoms with Crippen LogP contribution >= 0.6 is 35.1 Å². The fourth-order valence-electron chi connectivity index (χ4n) is 1.10. The van der Waals surface area contributed by atoms with Crippen molar-refractivity contribution in [2.75, 3.05) is 29.6 Å². The number of aromatic nitrogens is 2. The van der Waals surface area contributed by atoms with Crippen LogP contribution in [0.15, 0.2) is 0 Å². The van der Waals surface area contributed by atoms with Gasteiger partial charge in [-0.05, 0) is 0 Å². The van der Waals surface area contributed by atoms with Gasteiger partial charge in [-0.2, -0.15) is 16.1 Å². The van der Waals surface area contributed by atoms with Crippen molar-refractivity contribution in [1.82, 2.24) is 9.36 Å². The lowest BCUT2D eigenvalue weighted by Crippen LogP contribution is -2.07. The first-order chi connectivity index (χ1) is 6.40. The first-order valence-electron chi connectivity index (χ1n) is 4.11. The van der Waals surface area contributed by atoms with Gasteiger partial charge in [-0.15, -0.1) is 11.8 Å². The molecule has 0 spiro atoms. The molecule has 0 amide bonds. The average molecular weight is 233 g/mol. The van der Waals surface area contributed by atoms with Crippen molar-refractivity contribution < 1.29 is 0 Å². The largest absolute Gasteiger partial charge is 0.363 e. The highest BCUT2D eigenvalue weighted by Crippen LogP contribution is 2.36. The monoisotopic (exact) mass is 233 g/mol. The minimum absolute atomic E-state index is 0.511. The fraction of sp³-hybridized carbons (Fsp3) is 0.714. The van der Waals surface area contributed by atoms with Crippen LogP contribution in [0.4, 0.5) is 5.13 Å². The van der Waals surface area contributed by atoms with Crippen molar-refractivity contribution in [1.29, 1.82) is 0 Å². The predicted molar refractivity (Wildman–Crippen MR) is 62.0 cm³/mol. The Labute approximate surface area is 90.3 Å². The zero-order valence-electron chi connectivity index (χ0n) is 7.32. The van der Waals surface area contributed by atoms with Crippen LogP contribution in [0.3, 0.4) is 0 Å². The van der Waals surface area contributed by atoms with Crippen LogP contribution in [0, 0.1) is 0 Å². The van der Waals surface area contributed by atoms with Crippen LogP contribution in [0.25, 0.3) is 0 Å². The first-order valence-corrected chi connectivity index (χ1v) is 7.08. The summed E-state index contributed by atoms with van der Waals surface area (Å²) in [5.74, 6) is 4.66. The average Bonchev–Trinajstić information content (AvgIpc) is 2.67. The Bertz CT molecular complexity index is 270. The number of thioether (sulfide) groups is 2. The van der Waals surface area contributed by atoms with E-state index in [0.29, 0.717) is 5.25 Å². The normalized spacial score (nSPS) is 23.0. The van der Waals surface area contributed by atoms with Crippen LogP contribution in [0.5, 0.6) is 0 Å². The lowest BCUT2D eigenvalue weighted by atomic mass is 10.4. The molecule has 1 fully saturated rings. The number of anilines is 1. The van der Waals surface area contributed by atoms with Crippen molar-refractivity contribution in [2.45, 2.75) is 5.25 Å². The Hall–Kier alpha value is 0.0600. The van der Waals surface area contributed by atoms with Gasteiger partial charge in [-0.25, -0.2) is 4.98 Å². The molecule has 3 nitrogen and oxygen atoms in total. The third kappa shape index (κ3) is 2.30. The highest BCUT2D eigenvalue weighted by Gasteiger charge is 2.20. The molecule has 6 heteroatoms. The van der Waals surface area contributed by atoms with Crippen molar-refractivity contribution >= 4 is 40.2 Å². The molecule has 0 aromatic carbocycles. The summed E-state index contributed by atoms with van der Waals surface area (Å²) in [5, 5.41) is 4.45. The van der Waals surface area contributed by atoms with Crippen LogP contribution < -0.4 is 5.32 Å². The summed E-state index contributed by atoms with van der Waals surface area (Å²) in [6.07, 6.45) is 0. The lowest BCUT2D eigenvalue weighted by Gasteiger charge is -2.17. The van der Waals surface area contributed by atoms with Gasteiger partial charge in [0.2, 0.25) is 5.13 Å². The van der Waals surface area contributed by atoms with E-state index in [0.717, 1.165) is 16.7 Å². The van der Waals surface area contributed by atoms with E-state index < -0.39 is 0 Å². The summed E-state index contributed by atoms with van der Waals surface area (Å²) in [6, 6.07) is 0. The zero-order chi connectivity index (χ0) is 9.10. The second-order valence-corrected chi connectivity index (χ2v) is 5.85. The van der Waals surface area contributed by atoms with Crippen molar-refractivity contribution in [2.24, 2.45) is 0 Å². The van der Waals surface area contributed by atoms with E-state index in [9.17, 15) is 0 Å². The topological polar surface area (TPSA) is 37.8 Å². The summed E-state index contributed by atoms with van der Waals surface area (Å²) in [4.78, 5) is 4.41. The summed E-state index contributed by atoms with van der Waals surface area (Å²) in [5.41, 5.74) is 0. The summed E-state index contributed by atoms with van der Waals surface area (Å²) in [6.45, 7) is 0. The number of hydrogen-bond donors (Lipinski definition) is 1. The molecular formula is C7H11N3S3. The lowest BCUT2D eigenvalue weighted by molar-refractivity contribution is 0.978. The molecule has 1 saturated heterocycles. The van der Waals surface area contributed by atoms with Crippen molar-refractivity contribution in [3.05, 3.63) is 5.82 Å². The Morgan fingerprint density at radius 2 is 2.38 bits per heavy atom. The van der Waals surface area contributed by atoms with Crippen LogP contribution in [-0.2, 0) is 0 Å². The molecule has 1 aromatic heterocycles. The predicted octanol–water partition coefficient (Wildman–Crippen LogP) is 2.10. The molecule has 1 N–H and O–H groups in total. The van der Waals surface area contributed by atoms with Crippen molar-refractivity contribution in [3.63, 3.8) is 0 Å². The standard InChI is InChI=1S/C7H11N3S3/c1-8-7-9-6(10-13-7)5-4-11-2-3-12-5/h5H,2-4H2,1H3,(H,8,9,10). The highest BCUT2D eigenvalue weighted by molar-refractivity contribution is 8.06. The second-order valence-electron chi connectivity index (χ2n) is 2.64. The maximum atomic E-state index is 4.41. The molecule has 2 rings (SSSR count). The highest BCUT2D eigenvalue weighted by atomic mass is 32.2. The Morgan fingerprint density at radius 1 is 1.46 bits per heavy atom. The fourth-order valence-corrected chi connectivity index (χ4v) is 4.34. The van der Waals surface area contributed by atoms with Gasteiger partial charge in [0, 0.05) is 35.8 Å². The summed E-state index contributed by atoms with van der Waals surface area (Å²) in [7, 11) is 1.88. The third-order valence-electron chi connectivity index (χ3n) is 1.76. The molecule has 0 radical (unpaired) electrons. The number of nitrogens with one attached hydrogen (secondary N) is 1. The van der Waals surface area contributed by atoms with Gasteiger partial charge in [0.25, 0.3) is 0 Å². The summed E-state index contributed by atoms with van der Waals surface area (Å²) < 4.78 is 4.34. The third-order valence-corrected chi connectivity index (χ3v) is 5.26. The number of nitrogens with zero attached hydrogens (tertiary/aromatic N) is 2. The van der Waals surface area contributed by atoms with Crippen LogP contribution in [0.2, 0.25) is 0 Å². The van der Waals surface area contributed by atoms with Gasteiger partial charge in [0.05, 0.1) is 5.25 Å². The van der Waals surface area contributed by atoms with E-state index >= 15 is 0 Å². The maximum Gasteiger partial charge on any atom is 0.202 e. The maximum absolute atomic E-state index is 4.41. The molecule has 0 bridgehead atoms. The quantitative estimate of drug-likeness (QED) is 0.847. The second kappa shape index (κ2) is 4.52. The van der Waals surface area contributed by atoms with Gasteiger partial charge in [-0.1, -0.05) is 0 Å². The molecule has 1 aliphatic rings. The van der Waals surface area contributed by atoms with E-state index in [1.54, 1.807) is 0 Å². The first kappa shape index (κ1) is 9.61. The van der Waals surface area contributed by atoms with E-state index in [4.69, 9.17) is 0 Å².